The van der Waals surface area contributed by atoms with Crippen molar-refractivity contribution in [3.63, 3.8) is 0 Å². The average Bonchev–Trinajstić information content (AvgIpc) is 3.27. The van der Waals surface area contributed by atoms with Crippen LogP contribution < -0.4 is 11.4 Å². The Hall–Kier alpha value is -3.25. The van der Waals surface area contributed by atoms with Crippen LogP contribution >= 0.6 is 23.1 Å². The Morgan fingerprint density at radius 3 is 2.97 bits per heavy atom. The third-order valence-corrected chi connectivity index (χ3v) is 6.35. The number of nitrogens with one attached hydrogen (secondary N) is 1. The maximum atomic E-state index is 12.6. The van der Waals surface area contributed by atoms with Gasteiger partial charge in [0.05, 0.1) is 17.7 Å². The van der Waals surface area contributed by atoms with Gasteiger partial charge in [-0.2, -0.15) is 0 Å². The van der Waals surface area contributed by atoms with Crippen molar-refractivity contribution < 1.29 is 9.53 Å². The van der Waals surface area contributed by atoms with E-state index in [-0.39, 0.29) is 12.2 Å². The SMILES string of the molecule is CCOC(=O)c1sc2nc(CSc3nnc(-c4cccnc4)n3N)[nH]c(=O)c2c1C. The molecule has 0 unspecified atom stereocenters. The number of hydrogen-bond donors (Lipinski definition) is 2. The molecule has 4 aromatic heterocycles. The second-order valence-corrected chi connectivity index (χ2v) is 8.12. The average molecular weight is 444 g/mol. The highest BCUT2D eigenvalue weighted by molar-refractivity contribution is 7.98. The molecule has 0 aliphatic carbocycles. The molecule has 0 saturated carbocycles. The standard InChI is InChI=1S/C18H17N7O3S2/c1-3-28-17(27)13-9(2)12-15(26)21-11(22-16(12)30-13)8-29-18-24-23-14(25(18)19)10-5-4-6-20-7-10/h4-7H,3,8,19H2,1-2H3,(H,21,22,26). The van der Waals surface area contributed by atoms with Crippen molar-refractivity contribution in [3.05, 3.63) is 51.1 Å². The molecule has 3 N–H and O–H groups in total. The Kier molecular flexibility index (Phi) is 5.50. The predicted molar refractivity (Wildman–Crippen MR) is 114 cm³/mol. The second-order valence-electron chi connectivity index (χ2n) is 6.18. The van der Waals surface area contributed by atoms with E-state index in [2.05, 4.69) is 25.1 Å². The lowest BCUT2D eigenvalue weighted by atomic mass is 10.2. The van der Waals surface area contributed by atoms with Crippen molar-refractivity contribution in [1.29, 1.82) is 0 Å². The fraction of sp³-hybridized carbons (Fsp3) is 0.222. The van der Waals surface area contributed by atoms with Gasteiger partial charge in [0.2, 0.25) is 5.16 Å². The normalized spacial score (nSPS) is 11.1. The highest BCUT2D eigenvalue weighted by Crippen LogP contribution is 2.29. The Morgan fingerprint density at radius 1 is 1.40 bits per heavy atom. The molecule has 0 aliphatic rings. The predicted octanol–water partition coefficient (Wildman–Crippen LogP) is 2.13. The lowest BCUT2D eigenvalue weighted by Crippen LogP contribution is -2.13. The van der Waals surface area contributed by atoms with Gasteiger partial charge in [0.25, 0.3) is 5.56 Å². The summed E-state index contributed by atoms with van der Waals surface area (Å²) in [5.74, 6) is 6.90. The van der Waals surface area contributed by atoms with E-state index in [4.69, 9.17) is 10.6 Å². The van der Waals surface area contributed by atoms with Crippen LogP contribution in [-0.2, 0) is 10.5 Å². The van der Waals surface area contributed by atoms with Crippen molar-refractivity contribution in [2.75, 3.05) is 12.4 Å². The van der Waals surface area contributed by atoms with Crippen LogP contribution in [-0.4, -0.2) is 42.4 Å². The highest BCUT2D eigenvalue weighted by Gasteiger charge is 2.20. The second kappa shape index (κ2) is 8.24. The maximum absolute atomic E-state index is 12.6. The third-order valence-electron chi connectivity index (χ3n) is 4.23. The zero-order valence-electron chi connectivity index (χ0n) is 16.1. The molecule has 30 heavy (non-hydrogen) atoms. The molecular weight excluding hydrogens is 426 g/mol. The van der Waals surface area contributed by atoms with Gasteiger partial charge >= 0.3 is 5.97 Å². The van der Waals surface area contributed by atoms with Crippen LogP contribution in [0.4, 0.5) is 0 Å². The van der Waals surface area contributed by atoms with E-state index in [0.29, 0.717) is 43.2 Å². The maximum Gasteiger partial charge on any atom is 0.348 e. The van der Waals surface area contributed by atoms with E-state index >= 15 is 0 Å². The third kappa shape index (κ3) is 3.66. The molecule has 0 saturated heterocycles. The number of rotatable bonds is 6. The van der Waals surface area contributed by atoms with Gasteiger partial charge in [0.1, 0.15) is 15.5 Å². The Balaban J connectivity index is 1.59. The first kappa shape index (κ1) is 20.0. The summed E-state index contributed by atoms with van der Waals surface area (Å²) in [6, 6.07) is 3.62. The molecule has 0 radical (unpaired) electrons. The number of esters is 1. The fourth-order valence-corrected chi connectivity index (χ4v) is 4.67. The Morgan fingerprint density at radius 2 is 2.23 bits per heavy atom. The molecule has 0 aliphatic heterocycles. The van der Waals surface area contributed by atoms with Gasteiger partial charge < -0.3 is 15.6 Å². The summed E-state index contributed by atoms with van der Waals surface area (Å²) in [4.78, 5) is 36.9. The van der Waals surface area contributed by atoms with Crippen LogP contribution in [0.25, 0.3) is 21.6 Å². The van der Waals surface area contributed by atoms with E-state index < -0.39 is 5.97 Å². The highest BCUT2D eigenvalue weighted by atomic mass is 32.2. The molecule has 10 nitrogen and oxygen atoms in total. The molecule has 0 spiro atoms. The molecule has 154 valence electrons. The number of aromatic amines is 1. The molecule has 0 amide bonds. The molecule has 4 heterocycles. The Labute approximate surface area is 178 Å². The van der Waals surface area contributed by atoms with Crippen molar-refractivity contribution in [1.82, 2.24) is 29.8 Å². The molecule has 4 rings (SSSR count). The number of aryl methyl sites for hydroxylation is 1. The summed E-state index contributed by atoms with van der Waals surface area (Å²) in [6.45, 7) is 3.71. The summed E-state index contributed by atoms with van der Waals surface area (Å²) < 4.78 is 6.42. The summed E-state index contributed by atoms with van der Waals surface area (Å²) in [7, 11) is 0. The number of nitrogens with two attached hydrogens (primary N) is 1. The number of H-pyrrole nitrogens is 1. The minimum atomic E-state index is -0.451. The number of carbonyl (C=O) groups is 1. The van der Waals surface area contributed by atoms with E-state index in [1.54, 1.807) is 32.3 Å². The van der Waals surface area contributed by atoms with Crippen molar-refractivity contribution in [3.8, 4) is 11.4 Å². The first-order valence-electron chi connectivity index (χ1n) is 8.92. The number of hydrogen-bond acceptors (Lipinski definition) is 10. The first-order chi connectivity index (χ1) is 14.5. The molecule has 0 aromatic carbocycles. The first-order valence-corrected chi connectivity index (χ1v) is 10.7. The lowest BCUT2D eigenvalue weighted by Gasteiger charge is -2.03. The lowest BCUT2D eigenvalue weighted by molar-refractivity contribution is 0.0531. The quantitative estimate of drug-likeness (QED) is 0.260. The minimum absolute atomic E-state index is 0.263. The van der Waals surface area contributed by atoms with Gasteiger partial charge in [-0.1, -0.05) is 11.8 Å². The van der Waals surface area contributed by atoms with Gasteiger partial charge in [-0.05, 0) is 31.5 Å². The zero-order chi connectivity index (χ0) is 21.3. The summed E-state index contributed by atoms with van der Waals surface area (Å²) in [5, 5.41) is 9.07. The number of pyridine rings is 1. The van der Waals surface area contributed by atoms with Crippen LogP contribution in [0.2, 0.25) is 0 Å². The topological polar surface area (TPSA) is 142 Å². The Bertz CT molecular complexity index is 1280. The van der Waals surface area contributed by atoms with E-state index in [1.807, 2.05) is 6.07 Å². The number of aromatic nitrogens is 6. The van der Waals surface area contributed by atoms with Gasteiger partial charge in [0, 0.05) is 18.0 Å². The zero-order valence-corrected chi connectivity index (χ0v) is 17.7. The molecule has 12 heteroatoms. The number of ether oxygens (including phenoxy) is 1. The molecule has 4 aromatic rings. The number of thioether (sulfide) groups is 1. The number of fused-ring (bicyclic) bond motifs is 1. The summed E-state index contributed by atoms with van der Waals surface area (Å²) in [6.07, 6.45) is 3.31. The molecule has 0 atom stereocenters. The van der Waals surface area contributed by atoms with Crippen LogP contribution in [0.3, 0.4) is 0 Å². The molecule has 0 bridgehead atoms. The van der Waals surface area contributed by atoms with Gasteiger partial charge in [-0.25, -0.2) is 14.5 Å². The smallest absolute Gasteiger partial charge is 0.348 e. The van der Waals surface area contributed by atoms with Gasteiger partial charge in [-0.3, -0.25) is 9.78 Å². The van der Waals surface area contributed by atoms with Crippen LogP contribution in [0.15, 0.2) is 34.5 Å². The largest absolute Gasteiger partial charge is 0.462 e. The summed E-state index contributed by atoms with van der Waals surface area (Å²) in [5.41, 5.74) is 1.02. The van der Waals surface area contributed by atoms with Gasteiger partial charge in [-0.15, -0.1) is 21.5 Å². The number of carbonyl (C=O) groups excluding carboxylic acids is 1. The van der Waals surface area contributed by atoms with Gasteiger partial charge in [0.15, 0.2) is 5.82 Å². The monoisotopic (exact) mass is 443 g/mol. The van der Waals surface area contributed by atoms with E-state index in [1.165, 1.54) is 16.4 Å². The summed E-state index contributed by atoms with van der Waals surface area (Å²) >= 11 is 2.43. The minimum Gasteiger partial charge on any atom is -0.462 e. The van der Waals surface area contributed by atoms with E-state index in [9.17, 15) is 9.59 Å². The van der Waals surface area contributed by atoms with Crippen LogP contribution in [0.5, 0.6) is 0 Å². The van der Waals surface area contributed by atoms with Crippen molar-refractivity contribution in [2.24, 2.45) is 0 Å². The van der Waals surface area contributed by atoms with E-state index in [0.717, 1.165) is 16.9 Å². The van der Waals surface area contributed by atoms with Crippen LogP contribution in [0.1, 0.15) is 28.0 Å². The fourth-order valence-electron chi connectivity index (χ4n) is 2.85. The number of nitrogens with zero attached hydrogens (tertiary/aromatic N) is 5. The van der Waals surface area contributed by atoms with Crippen LogP contribution in [0, 0.1) is 6.92 Å². The van der Waals surface area contributed by atoms with Crippen molar-refractivity contribution in [2.45, 2.75) is 24.8 Å². The van der Waals surface area contributed by atoms with Crippen molar-refractivity contribution >= 4 is 39.3 Å². The number of nitrogen functional groups attached to an aromatic ring is 1. The molecule has 0 fully saturated rings. The molecular formula is C18H17N7O3S2. The number of thiophene rings is 1.